The number of hydrogen-bond acceptors (Lipinski definition) is 4. The predicted molar refractivity (Wildman–Crippen MR) is 54.0 cm³/mol. The molecule has 1 atom stereocenters. The molecule has 0 radical (unpaired) electrons. The molecule has 6 heteroatoms. The first-order valence-corrected chi connectivity index (χ1v) is 5.04. The molecule has 6 nitrogen and oxygen atoms in total. The lowest BCUT2D eigenvalue weighted by molar-refractivity contribution is -0.122. The lowest BCUT2D eigenvalue weighted by Crippen LogP contribution is -2.37. The van der Waals surface area contributed by atoms with Crippen LogP contribution in [0.4, 0.5) is 0 Å². The highest BCUT2D eigenvalue weighted by Gasteiger charge is 2.19. The second-order valence-electron chi connectivity index (χ2n) is 3.53. The van der Waals surface area contributed by atoms with E-state index >= 15 is 0 Å². The van der Waals surface area contributed by atoms with Crippen LogP contribution in [0.25, 0.3) is 0 Å². The molecule has 0 aromatic carbocycles. The predicted octanol–water partition coefficient (Wildman–Crippen LogP) is -1.64. The van der Waals surface area contributed by atoms with Gasteiger partial charge in [-0.3, -0.25) is 9.59 Å². The minimum Gasteiger partial charge on any atom is -0.370 e. The average molecular weight is 215 g/mol. The number of carbonyl (C=O) groups is 2. The van der Waals surface area contributed by atoms with E-state index in [0.29, 0.717) is 19.6 Å². The Bertz CT molecular complexity index is 233. The number of primary amides is 1. The van der Waals surface area contributed by atoms with Crippen molar-refractivity contribution in [2.75, 3.05) is 26.3 Å². The first-order valence-electron chi connectivity index (χ1n) is 5.04. The van der Waals surface area contributed by atoms with E-state index in [1.165, 1.54) is 0 Å². The van der Waals surface area contributed by atoms with E-state index in [4.69, 9.17) is 10.5 Å². The normalized spacial score (nSPS) is 20.3. The van der Waals surface area contributed by atoms with E-state index in [1.807, 2.05) is 0 Å². The maximum absolute atomic E-state index is 10.8. The zero-order valence-electron chi connectivity index (χ0n) is 8.62. The largest absolute Gasteiger partial charge is 0.370 e. The first-order chi connectivity index (χ1) is 7.18. The summed E-state index contributed by atoms with van der Waals surface area (Å²) in [5, 5.41) is 5.98. The Hall–Kier alpha value is -1.14. The number of rotatable bonds is 7. The van der Waals surface area contributed by atoms with Gasteiger partial charge in [-0.1, -0.05) is 0 Å². The molecule has 0 bridgehead atoms. The Kier molecular flexibility index (Phi) is 5.06. The molecule has 2 amide bonds. The summed E-state index contributed by atoms with van der Waals surface area (Å²) in [6, 6.07) is 0.230. The molecule has 0 spiro atoms. The summed E-state index contributed by atoms with van der Waals surface area (Å²) in [4.78, 5) is 21.2. The van der Waals surface area contributed by atoms with Gasteiger partial charge in [-0.25, -0.2) is 0 Å². The molecule has 0 aromatic rings. The summed E-state index contributed by atoms with van der Waals surface area (Å²) in [5.74, 6) is -0.343. The quantitative estimate of drug-likeness (QED) is 0.444. The standard InChI is InChI=1S/C9H17N3O3/c10-8(13)6-15-4-3-11-5-7-1-2-9(14)12-7/h7,11H,1-6H2,(H2,10,13)(H,12,14). The van der Waals surface area contributed by atoms with Crippen molar-refractivity contribution >= 4 is 11.8 Å². The molecule has 0 aliphatic carbocycles. The fraction of sp³-hybridized carbons (Fsp3) is 0.778. The van der Waals surface area contributed by atoms with E-state index in [0.717, 1.165) is 13.0 Å². The van der Waals surface area contributed by atoms with Gasteiger partial charge in [-0.15, -0.1) is 0 Å². The second kappa shape index (κ2) is 6.36. The summed E-state index contributed by atoms with van der Waals surface area (Å²) in [6.07, 6.45) is 1.50. The first kappa shape index (κ1) is 11.9. The number of nitrogens with one attached hydrogen (secondary N) is 2. The van der Waals surface area contributed by atoms with E-state index in [9.17, 15) is 9.59 Å². The van der Waals surface area contributed by atoms with Crippen molar-refractivity contribution in [1.82, 2.24) is 10.6 Å². The van der Waals surface area contributed by atoms with Gasteiger partial charge in [0.05, 0.1) is 6.61 Å². The molecule has 0 aromatic heterocycles. The monoisotopic (exact) mass is 215 g/mol. The molecule has 1 unspecified atom stereocenters. The Labute approximate surface area is 88.5 Å². The van der Waals surface area contributed by atoms with Gasteiger partial charge in [-0.2, -0.15) is 0 Å². The molecule has 15 heavy (non-hydrogen) atoms. The Morgan fingerprint density at radius 3 is 3.07 bits per heavy atom. The smallest absolute Gasteiger partial charge is 0.243 e. The van der Waals surface area contributed by atoms with Crippen LogP contribution in [0.5, 0.6) is 0 Å². The maximum atomic E-state index is 10.8. The van der Waals surface area contributed by atoms with Gasteiger partial charge in [0.2, 0.25) is 11.8 Å². The number of carbonyl (C=O) groups excluding carboxylic acids is 2. The van der Waals surface area contributed by atoms with Crippen LogP contribution in [0.1, 0.15) is 12.8 Å². The molecule has 1 saturated heterocycles. The zero-order valence-corrected chi connectivity index (χ0v) is 8.62. The van der Waals surface area contributed by atoms with Crippen molar-refractivity contribution in [3.63, 3.8) is 0 Å². The van der Waals surface area contributed by atoms with Crippen LogP contribution in [0, 0.1) is 0 Å². The SMILES string of the molecule is NC(=O)COCCNCC1CCC(=O)N1. The number of amides is 2. The van der Waals surface area contributed by atoms with Crippen LogP contribution in [0.3, 0.4) is 0 Å². The Balaban J connectivity index is 1.89. The zero-order chi connectivity index (χ0) is 11.1. The summed E-state index contributed by atoms with van der Waals surface area (Å²) < 4.78 is 4.96. The van der Waals surface area contributed by atoms with Crippen molar-refractivity contribution in [2.45, 2.75) is 18.9 Å². The van der Waals surface area contributed by atoms with Crippen LogP contribution in [0.2, 0.25) is 0 Å². The summed E-state index contributed by atoms with van der Waals surface area (Å²) in [5.41, 5.74) is 4.89. The highest BCUT2D eigenvalue weighted by Crippen LogP contribution is 2.04. The maximum Gasteiger partial charge on any atom is 0.243 e. The highest BCUT2D eigenvalue weighted by molar-refractivity contribution is 5.78. The van der Waals surface area contributed by atoms with Gasteiger partial charge in [0, 0.05) is 25.6 Å². The van der Waals surface area contributed by atoms with Crippen molar-refractivity contribution in [3.8, 4) is 0 Å². The van der Waals surface area contributed by atoms with Crippen molar-refractivity contribution < 1.29 is 14.3 Å². The molecule has 1 heterocycles. The van der Waals surface area contributed by atoms with Crippen molar-refractivity contribution in [3.05, 3.63) is 0 Å². The van der Waals surface area contributed by atoms with Crippen LogP contribution in [0.15, 0.2) is 0 Å². The molecular weight excluding hydrogens is 198 g/mol. The minimum absolute atomic E-state index is 0.0398. The highest BCUT2D eigenvalue weighted by atomic mass is 16.5. The van der Waals surface area contributed by atoms with E-state index < -0.39 is 5.91 Å². The van der Waals surface area contributed by atoms with Crippen LogP contribution < -0.4 is 16.4 Å². The van der Waals surface area contributed by atoms with Gasteiger partial charge in [0.1, 0.15) is 6.61 Å². The van der Waals surface area contributed by atoms with Gasteiger partial charge in [0.25, 0.3) is 0 Å². The molecular formula is C9H17N3O3. The molecule has 4 N–H and O–H groups in total. The van der Waals surface area contributed by atoms with Crippen molar-refractivity contribution in [1.29, 1.82) is 0 Å². The summed E-state index contributed by atoms with van der Waals surface area (Å²) in [6.45, 7) is 1.80. The number of ether oxygens (including phenoxy) is 1. The third-order valence-corrected chi connectivity index (χ3v) is 2.14. The molecule has 1 aliphatic rings. The minimum atomic E-state index is -0.460. The fourth-order valence-corrected chi connectivity index (χ4v) is 1.42. The number of hydrogen-bond donors (Lipinski definition) is 3. The topological polar surface area (TPSA) is 93.5 Å². The van der Waals surface area contributed by atoms with Crippen molar-refractivity contribution in [2.24, 2.45) is 5.73 Å². The Morgan fingerprint density at radius 1 is 1.67 bits per heavy atom. The molecule has 1 aliphatic heterocycles. The third kappa shape index (κ3) is 5.34. The Morgan fingerprint density at radius 2 is 2.47 bits per heavy atom. The van der Waals surface area contributed by atoms with E-state index in [2.05, 4.69) is 10.6 Å². The lowest BCUT2D eigenvalue weighted by Gasteiger charge is -2.10. The average Bonchev–Trinajstić information content (AvgIpc) is 2.57. The summed E-state index contributed by atoms with van der Waals surface area (Å²) >= 11 is 0. The van der Waals surface area contributed by atoms with Gasteiger partial charge < -0.3 is 21.1 Å². The van der Waals surface area contributed by atoms with E-state index in [1.54, 1.807) is 0 Å². The number of nitrogens with two attached hydrogens (primary N) is 1. The van der Waals surface area contributed by atoms with Gasteiger partial charge >= 0.3 is 0 Å². The van der Waals surface area contributed by atoms with Gasteiger partial charge in [0.15, 0.2) is 0 Å². The second-order valence-corrected chi connectivity index (χ2v) is 3.53. The molecule has 1 rings (SSSR count). The van der Waals surface area contributed by atoms with Gasteiger partial charge in [-0.05, 0) is 6.42 Å². The summed E-state index contributed by atoms with van der Waals surface area (Å²) in [7, 11) is 0. The molecule has 86 valence electrons. The lowest BCUT2D eigenvalue weighted by atomic mass is 10.2. The van der Waals surface area contributed by atoms with Crippen LogP contribution >= 0.6 is 0 Å². The molecule has 0 saturated carbocycles. The third-order valence-electron chi connectivity index (χ3n) is 2.14. The van der Waals surface area contributed by atoms with Crippen LogP contribution in [-0.4, -0.2) is 44.2 Å². The fourth-order valence-electron chi connectivity index (χ4n) is 1.42. The van der Waals surface area contributed by atoms with Crippen LogP contribution in [-0.2, 0) is 14.3 Å². The molecule has 1 fully saturated rings. The van der Waals surface area contributed by atoms with E-state index in [-0.39, 0.29) is 18.6 Å².